The average molecular weight is 412 g/mol. The van der Waals surface area contributed by atoms with E-state index in [-0.39, 0.29) is 17.3 Å². The molecule has 1 amide bonds. The molecule has 1 aromatic carbocycles. The van der Waals surface area contributed by atoms with Gasteiger partial charge in [-0.15, -0.1) is 0 Å². The zero-order valence-electron chi connectivity index (χ0n) is 17.3. The molecule has 0 aliphatic carbocycles. The molecule has 4 aromatic rings. The van der Waals surface area contributed by atoms with Crippen LogP contribution < -0.4 is 10.5 Å². The summed E-state index contributed by atoms with van der Waals surface area (Å²) in [5.74, 6) is 0.549. The van der Waals surface area contributed by atoms with Gasteiger partial charge >= 0.3 is 0 Å². The van der Waals surface area contributed by atoms with Crippen molar-refractivity contribution in [2.75, 3.05) is 26.9 Å². The molecule has 0 saturated carbocycles. The summed E-state index contributed by atoms with van der Waals surface area (Å²) >= 11 is 0. The average Bonchev–Trinajstić information content (AvgIpc) is 3.22. The van der Waals surface area contributed by atoms with Crippen molar-refractivity contribution in [3.05, 3.63) is 60.0 Å². The fraction of sp³-hybridized carbons (Fsp3) is 0.130. The molecule has 3 heterocycles. The van der Waals surface area contributed by atoms with Gasteiger partial charge in [0.15, 0.2) is 0 Å². The summed E-state index contributed by atoms with van der Waals surface area (Å²) in [6.07, 6.45) is 4.95. The van der Waals surface area contributed by atoms with Gasteiger partial charge in [0.2, 0.25) is 0 Å². The number of aromatic amines is 1. The van der Waals surface area contributed by atoms with E-state index in [1.54, 1.807) is 39.7 Å². The Morgan fingerprint density at radius 2 is 1.94 bits per heavy atom. The van der Waals surface area contributed by atoms with Crippen LogP contribution >= 0.6 is 0 Å². The first-order valence-corrected chi connectivity index (χ1v) is 9.47. The molecule has 0 fully saturated rings. The van der Waals surface area contributed by atoms with Crippen molar-refractivity contribution >= 4 is 22.8 Å². The fourth-order valence-electron chi connectivity index (χ4n) is 3.55. The first-order chi connectivity index (χ1) is 15.0. The Labute approximate surface area is 178 Å². The number of carbonyl (C=O) groups is 1. The first kappa shape index (κ1) is 19.9. The van der Waals surface area contributed by atoms with Gasteiger partial charge in [-0.1, -0.05) is 18.2 Å². The van der Waals surface area contributed by atoms with Gasteiger partial charge in [0, 0.05) is 60.3 Å². The second-order valence-corrected chi connectivity index (χ2v) is 7.14. The molecule has 0 spiro atoms. The van der Waals surface area contributed by atoms with E-state index in [4.69, 9.17) is 10.5 Å². The monoisotopic (exact) mass is 412 g/mol. The number of pyridine rings is 2. The summed E-state index contributed by atoms with van der Waals surface area (Å²) in [4.78, 5) is 25.7. The zero-order valence-corrected chi connectivity index (χ0v) is 17.3. The number of aromatic nitrogens is 3. The minimum atomic E-state index is -0.268. The van der Waals surface area contributed by atoms with Gasteiger partial charge in [-0.3, -0.25) is 4.79 Å². The number of hydrogen-bond donors (Lipinski definition) is 2. The quantitative estimate of drug-likeness (QED) is 0.529. The zero-order chi connectivity index (χ0) is 22.1. The molecule has 8 nitrogen and oxygen atoms in total. The van der Waals surface area contributed by atoms with E-state index in [0.717, 1.165) is 11.1 Å². The molecule has 0 aliphatic rings. The van der Waals surface area contributed by atoms with Crippen LogP contribution in [0, 0.1) is 11.3 Å². The van der Waals surface area contributed by atoms with Crippen molar-refractivity contribution in [2.45, 2.75) is 0 Å². The number of H-pyrrole nitrogens is 1. The minimum absolute atomic E-state index is 0.131. The molecule has 154 valence electrons. The molecule has 0 bridgehead atoms. The Balaban J connectivity index is 1.97. The molecule has 0 aliphatic heterocycles. The molecular weight excluding hydrogens is 392 g/mol. The first-order valence-electron chi connectivity index (χ1n) is 9.47. The van der Waals surface area contributed by atoms with E-state index in [1.165, 1.54) is 4.90 Å². The van der Waals surface area contributed by atoms with Crippen molar-refractivity contribution in [3.63, 3.8) is 0 Å². The maximum Gasteiger partial charge on any atom is 0.257 e. The molecule has 0 radical (unpaired) electrons. The number of rotatable bonds is 4. The smallest absolute Gasteiger partial charge is 0.257 e. The number of benzene rings is 1. The Morgan fingerprint density at radius 1 is 1.16 bits per heavy atom. The number of nitrogens with two attached hydrogens (primary N) is 1. The van der Waals surface area contributed by atoms with Gasteiger partial charge in [-0.2, -0.15) is 5.26 Å². The summed E-state index contributed by atoms with van der Waals surface area (Å²) < 4.78 is 5.50. The number of hydrogen-bond acceptors (Lipinski definition) is 6. The Kier molecular flexibility index (Phi) is 5.01. The number of nitriles is 1. The number of fused-ring (bicyclic) bond motifs is 1. The van der Waals surface area contributed by atoms with Crippen molar-refractivity contribution in [2.24, 2.45) is 0 Å². The van der Waals surface area contributed by atoms with E-state index in [2.05, 4.69) is 21.0 Å². The van der Waals surface area contributed by atoms with Crippen LogP contribution in [-0.4, -0.2) is 47.0 Å². The molecule has 4 rings (SSSR count). The maximum absolute atomic E-state index is 12.5. The van der Waals surface area contributed by atoms with Crippen LogP contribution in [0.1, 0.15) is 15.9 Å². The van der Waals surface area contributed by atoms with Crippen LogP contribution in [-0.2, 0) is 0 Å². The Bertz CT molecular complexity index is 1350. The number of ether oxygens (including phenoxy) is 1. The molecule has 0 saturated heterocycles. The van der Waals surface area contributed by atoms with E-state index in [0.29, 0.717) is 33.5 Å². The van der Waals surface area contributed by atoms with Crippen LogP contribution in [0.15, 0.2) is 48.9 Å². The second kappa shape index (κ2) is 7.80. The van der Waals surface area contributed by atoms with Crippen LogP contribution in [0.4, 0.5) is 5.82 Å². The lowest BCUT2D eigenvalue weighted by atomic mass is 9.96. The van der Waals surface area contributed by atoms with E-state index >= 15 is 0 Å². The lowest BCUT2D eigenvalue weighted by Gasteiger charge is -2.13. The third-order valence-corrected chi connectivity index (χ3v) is 5.08. The highest BCUT2D eigenvalue weighted by molar-refractivity contribution is 6.03. The summed E-state index contributed by atoms with van der Waals surface area (Å²) in [5, 5.41) is 10.7. The molecule has 3 N–H and O–H groups in total. The summed E-state index contributed by atoms with van der Waals surface area (Å²) in [5.41, 5.74) is 9.97. The number of carbonyl (C=O) groups excluding carboxylic acids is 1. The lowest BCUT2D eigenvalue weighted by Crippen LogP contribution is -2.23. The largest absolute Gasteiger partial charge is 0.496 e. The molecule has 0 atom stereocenters. The highest BCUT2D eigenvalue weighted by Gasteiger charge is 2.20. The van der Waals surface area contributed by atoms with Gasteiger partial charge in [-0.05, 0) is 12.1 Å². The van der Waals surface area contributed by atoms with Crippen LogP contribution in [0.25, 0.3) is 33.3 Å². The van der Waals surface area contributed by atoms with Gasteiger partial charge in [-0.25, -0.2) is 9.97 Å². The highest BCUT2D eigenvalue weighted by atomic mass is 16.5. The number of methoxy groups -OCH3 is 1. The minimum Gasteiger partial charge on any atom is -0.496 e. The molecular formula is C23H20N6O2. The highest BCUT2D eigenvalue weighted by Crippen LogP contribution is 2.38. The summed E-state index contributed by atoms with van der Waals surface area (Å²) in [6, 6.07) is 11.5. The van der Waals surface area contributed by atoms with Crippen LogP contribution in [0.2, 0.25) is 0 Å². The third-order valence-electron chi connectivity index (χ3n) is 5.08. The number of amides is 1. The Hall–Kier alpha value is -4.38. The van der Waals surface area contributed by atoms with Crippen LogP contribution in [0.3, 0.4) is 0 Å². The van der Waals surface area contributed by atoms with Crippen molar-refractivity contribution < 1.29 is 9.53 Å². The van der Waals surface area contributed by atoms with Gasteiger partial charge in [0.05, 0.1) is 18.2 Å². The predicted molar refractivity (Wildman–Crippen MR) is 118 cm³/mol. The van der Waals surface area contributed by atoms with Crippen molar-refractivity contribution in [1.29, 1.82) is 5.26 Å². The lowest BCUT2D eigenvalue weighted by molar-refractivity contribution is 0.0828. The summed E-state index contributed by atoms with van der Waals surface area (Å²) in [6.45, 7) is 0. The molecule has 31 heavy (non-hydrogen) atoms. The normalized spacial score (nSPS) is 10.6. The summed E-state index contributed by atoms with van der Waals surface area (Å²) in [7, 11) is 4.88. The standard InChI is InChI=1S/C23H20N6O2/c1-29(2)23(30)15-8-13(10-26-21(15)25)17-11-27-22-20(16(17)9-24)18(12-28-22)14-6-4-5-7-19(14)31-3/h4-8,10-12H,1-3H3,(H2,25,26)(H,27,28). The third kappa shape index (κ3) is 3.32. The van der Waals surface area contributed by atoms with Crippen molar-refractivity contribution in [3.8, 4) is 34.1 Å². The Morgan fingerprint density at radius 3 is 2.65 bits per heavy atom. The second-order valence-electron chi connectivity index (χ2n) is 7.14. The number of nitrogens with zero attached hydrogens (tertiary/aromatic N) is 4. The molecule has 3 aromatic heterocycles. The number of nitrogen functional groups attached to an aromatic ring is 1. The van der Waals surface area contributed by atoms with Crippen molar-refractivity contribution in [1.82, 2.24) is 19.9 Å². The maximum atomic E-state index is 12.5. The molecule has 0 unspecified atom stereocenters. The van der Waals surface area contributed by atoms with Crippen LogP contribution in [0.5, 0.6) is 5.75 Å². The van der Waals surface area contributed by atoms with E-state index in [1.807, 2.05) is 30.5 Å². The van der Waals surface area contributed by atoms with Gasteiger partial charge in [0.25, 0.3) is 5.91 Å². The van der Waals surface area contributed by atoms with Gasteiger partial charge in [0.1, 0.15) is 23.3 Å². The van der Waals surface area contributed by atoms with Gasteiger partial charge < -0.3 is 20.4 Å². The molecule has 8 heteroatoms. The predicted octanol–water partition coefficient (Wildman–Crippen LogP) is 3.46. The number of para-hydroxylation sites is 1. The van der Waals surface area contributed by atoms with E-state index < -0.39 is 0 Å². The SMILES string of the molecule is COc1ccccc1-c1c[nH]c2ncc(-c3cnc(N)c(C(=O)N(C)C)c3)c(C#N)c12. The fourth-order valence-corrected chi connectivity index (χ4v) is 3.55. The van der Waals surface area contributed by atoms with E-state index in [9.17, 15) is 10.1 Å². The number of anilines is 1. The topological polar surface area (TPSA) is 121 Å². The number of nitrogens with one attached hydrogen (secondary N) is 1.